The summed E-state index contributed by atoms with van der Waals surface area (Å²) in [6, 6.07) is 0. The maximum atomic E-state index is 11.8. The van der Waals surface area contributed by atoms with Crippen LogP contribution in [-0.2, 0) is 15.9 Å². The van der Waals surface area contributed by atoms with E-state index in [1.54, 1.807) is 0 Å². The summed E-state index contributed by atoms with van der Waals surface area (Å²) in [5.74, 6) is -3.06. The number of rotatable bonds is 2. The Labute approximate surface area is 49.6 Å². The Hall–Kier alpha value is -0.120. The topological polar surface area (TPSA) is 17.1 Å². The summed E-state index contributed by atoms with van der Waals surface area (Å²) < 4.78 is 33.3. The Kier molecular flexibility index (Phi) is 1.27. The van der Waals surface area contributed by atoms with E-state index in [9.17, 15) is 13.0 Å². The standard InChI is InChI=1S/C4H5F2OS/c5-4(6)1-3(4)2-8-7/h3H,1-2H2/q+1. The average molecular weight is 139 g/mol. The fourth-order valence-corrected chi connectivity index (χ4v) is 1.06. The molecule has 1 nitrogen and oxygen atoms in total. The average Bonchev–Trinajstić information content (AvgIpc) is 2.15. The molecule has 1 aliphatic rings. The molecule has 0 heterocycles. The first-order valence-corrected chi connectivity index (χ1v) is 3.20. The maximum absolute atomic E-state index is 11.8. The predicted octanol–water partition coefficient (Wildman–Crippen LogP) is 1.07. The molecule has 0 bridgehead atoms. The summed E-state index contributed by atoms with van der Waals surface area (Å²) in [5, 5.41) is 0. The highest BCUT2D eigenvalue weighted by molar-refractivity contribution is 7.65. The minimum atomic E-state index is -2.50. The molecule has 0 aliphatic heterocycles. The summed E-state index contributed by atoms with van der Waals surface area (Å²) in [6.45, 7) is 0. The third-order valence-corrected chi connectivity index (χ3v) is 1.76. The summed E-state index contributed by atoms with van der Waals surface area (Å²) >= 11 is 0.245. The molecule has 0 spiro atoms. The van der Waals surface area contributed by atoms with Crippen LogP contribution in [0.3, 0.4) is 0 Å². The third kappa shape index (κ3) is 0.992. The highest BCUT2D eigenvalue weighted by atomic mass is 32.1. The molecular formula is C4H5F2OS+. The second-order valence-corrected chi connectivity index (χ2v) is 2.52. The summed E-state index contributed by atoms with van der Waals surface area (Å²) in [6.07, 6.45) is -0.0811. The lowest BCUT2D eigenvalue weighted by atomic mass is 10.5. The Morgan fingerprint density at radius 2 is 2.25 bits per heavy atom. The van der Waals surface area contributed by atoms with Crippen LogP contribution in [0, 0.1) is 5.92 Å². The van der Waals surface area contributed by atoms with E-state index in [0.717, 1.165) is 0 Å². The van der Waals surface area contributed by atoms with Gasteiger partial charge >= 0.3 is 11.7 Å². The fraction of sp³-hybridized carbons (Fsp3) is 1.00. The maximum Gasteiger partial charge on any atom is 0.459 e. The zero-order valence-corrected chi connectivity index (χ0v) is 4.88. The Balaban J connectivity index is 2.26. The molecule has 8 heavy (non-hydrogen) atoms. The lowest BCUT2D eigenvalue weighted by molar-refractivity contribution is 0.103. The number of halogens is 2. The van der Waals surface area contributed by atoms with Gasteiger partial charge in [0.2, 0.25) is 5.75 Å². The van der Waals surface area contributed by atoms with Crippen molar-refractivity contribution in [2.45, 2.75) is 12.3 Å². The molecule has 4 heteroatoms. The Bertz CT molecular complexity index is 115. The van der Waals surface area contributed by atoms with Gasteiger partial charge in [-0.1, -0.05) is 0 Å². The van der Waals surface area contributed by atoms with E-state index in [0.29, 0.717) is 0 Å². The van der Waals surface area contributed by atoms with Crippen molar-refractivity contribution < 1.29 is 13.0 Å². The van der Waals surface area contributed by atoms with Gasteiger partial charge in [-0.25, -0.2) is 8.78 Å². The van der Waals surface area contributed by atoms with Gasteiger partial charge in [0.25, 0.3) is 5.92 Å². The van der Waals surface area contributed by atoms with Crippen LogP contribution < -0.4 is 0 Å². The van der Waals surface area contributed by atoms with Crippen LogP contribution in [0.5, 0.6) is 0 Å². The largest absolute Gasteiger partial charge is 0.459 e. The van der Waals surface area contributed by atoms with Gasteiger partial charge in [0.1, 0.15) is 0 Å². The van der Waals surface area contributed by atoms with Gasteiger partial charge in [0.15, 0.2) is 0 Å². The second kappa shape index (κ2) is 1.69. The number of alkyl halides is 2. The van der Waals surface area contributed by atoms with Gasteiger partial charge < -0.3 is 0 Å². The van der Waals surface area contributed by atoms with Gasteiger partial charge in [0.05, 0.1) is 5.92 Å². The van der Waals surface area contributed by atoms with Gasteiger partial charge in [0, 0.05) is 10.6 Å². The summed E-state index contributed by atoms with van der Waals surface area (Å²) in [4.78, 5) is 0. The minimum Gasteiger partial charge on any atom is -0.206 e. The summed E-state index contributed by atoms with van der Waals surface area (Å²) in [5.41, 5.74) is 0. The van der Waals surface area contributed by atoms with Crippen LogP contribution >= 0.6 is 0 Å². The third-order valence-electron chi connectivity index (χ3n) is 1.22. The van der Waals surface area contributed by atoms with E-state index in [-0.39, 0.29) is 23.8 Å². The molecule has 0 amide bonds. The molecule has 1 atom stereocenters. The molecule has 0 aromatic rings. The van der Waals surface area contributed by atoms with Crippen LogP contribution in [-0.4, -0.2) is 11.7 Å². The van der Waals surface area contributed by atoms with Crippen molar-refractivity contribution in [2.75, 3.05) is 5.75 Å². The van der Waals surface area contributed by atoms with Crippen molar-refractivity contribution in [1.82, 2.24) is 0 Å². The smallest absolute Gasteiger partial charge is 0.206 e. The number of hydrogen-bond donors (Lipinski definition) is 0. The van der Waals surface area contributed by atoms with E-state index in [2.05, 4.69) is 0 Å². The molecule has 0 aromatic heterocycles. The van der Waals surface area contributed by atoms with Crippen LogP contribution in [0.4, 0.5) is 8.78 Å². The van der Waals surface area contributed by atoms with Crippen LogP contribution in [0.25, 0.3) is 0 Å². The zero-order chi connectivity index (χ0) is 6.20. The molecule has 0 aromatic carbocycles. The van der Waals surface area contributed by atoms with E-state index < -0.39 is 11.8 Å². The van der Waals surface area contributed by atoms with Crippen LogP contribution in [0.1, 0.15) is 6.42 Å². The van der Waals surface area contributed by atoms with Crippen LogP contribution in [0.15, 0.2) is 0 Å². The van der Waals surface area contributed by atoms with Gasteiger partial charge in [-0.05, 0) is 0 Å². The van der Waals surface area contributed by atoms with Crippen LogP contribution in [0.2, 0.25) is 0 Å². The molecule has 1 aliphatic carbocycles. The number of hydrogen-bond acceptors (Lipinski definition) is 1. The van der Waals surface area contributed by atoms with Crippen molar-refractivity contribution >= 4 is 11.7 Å². The van der Waals surface area contributed by atoms with Gasteiger partial charge in [-0.3, -0.25) is 0 Å². The first-order chi connectivity index (χ1) is 3.67. The van der Waals surface area contributed by atoms with Gasteiger partial charge in [-0.15, -0.1) is 0 Å². The lowest BCUT2D eigenvalue weighted by Crippen LogP contribution is -1.96. The zero-order valence-electron chi connectivity index (χ0n) is 4.06. The normalized spacial score (nSPS) is 32.0. The minimum absolute atomic E-state index is 0.0625. The monoisotopic (exact) mass is 139 g/mol. The van der Waals surface area contributed by atoms with E-state index >= 15 is 0 Å². The first-order valence-electron chi connectivity index (χ1n) is 2.29. The molecule has 0 saturated heterocycles. The van der Waals surface area contributed by atoms with Crippen molar-refractivity contribution in [1.29, 1.82) is 0 Å². The van der Waals surface area contributed by atoms with E-state index in [1.807, 2.05) is 0 Å². The summed E-state index contributed by atoms with van der Waals surface area (Å²) in [7, 11) is 0. The molecule has 0 radical (unpaired) electrons. The lowest BCUT2D eigenvalue weighted by Gasteiger charge is -1.82. The highest BCUT2D eigenvalue weighted by Gasteiger charge is 2.59. The van der Waals surface area contributed by atoms with Crippen molar-refractivity contribution in [2.24, 2.45) is 5.92 Å². The molecule has 1 fully saturated rings. The first kappa shape index (κ1) is 6.01. The molecule has 0 N–H and O–H groups in total. The second-order valence-electron chi connectivity index (χ2n) is 1.95. The SMILES string of the molecule is O=[S+]CC1CC1(F)F. The Morgan fingerprint density at radius 1 is 1.75 bits per heavy atom. The van der Waals surface area contributed by atoms with Crippen molar-refractivity contribution in [3.63, 3.8) is 0 Å². The van der Waals surface area contributed by atoms with Crippen molar-refractivity contribution in [3.05, 3.63) is 0 Å². The molecule has 1 saturated carbocycles. The molecule has 1 unspecified atom stereocenters. The Morgan fingerprint density at radius 3 is 2.38 bits per heavy atom. The molecular weight excluding hydrogens is 134 g/mol. The van der Waals surface area contributed by atoms with Gasteiger partial charge in [-0.2, -0.15) is 0 Å². The fourth-order valence-electron chi connectivity index (χ4n) is 0.533. The predicted molar refractivity (Wildman–Crippen MR) is 26.0 cm³/mol. The van der Waals surface area contributed by atoms with E-state index in [1.165, 1.54) is 0 Å². The highest BCUT2D eigenvalue weighted by Crippen LogP contribution is 2.48. The molecule has 1 rings (SSSR count). The van der Waals surface area contributed by atoms with Crippen molar-refractivity contribution in [3.8, 4) is 0 Å². The van der Waals surface area contributed by atoms with E-state index in [4.69, 9.17) is 0 Å². The molecule has 46 valence electrons. The quantitative estimate of drug-likeness (QED) is 0.523.